The van der Waals surface area contributed by atoms with Crippen molar-refractivity contribution in [3.63, 3.8) is 0 Å². The monoisotopic (exact) mass is 353 g/mol. The normalized spacial score (nSPS) is 17.7. The Labute approximate surface area is 154 Å². The van der Waals surface area contributed by atoms with E-state index in [2.05, 4.69) is 30.2 Å². The molecule has 0 bridgehead atoms. The highest BCUT2D eigenvalue weighted by molar-refractivity contribution is 5.51. The maximum Gasteiger partial charge on any atom is 0.135 e. The van der Waals surface area contributed by atoms with Crippen molar-refractivity contribution in [1.29, 1.82) is 0 Å². The van der Waals surface area contributed by atoms with E-state index in [1.54, 1.807) is 12.7 Å². The molecule has 2 aromatic heterocycles. The van der Waals surface area contributed by atoms with E-state index >= 15 is 0 Å². The van der Waals surface area contributed by atoms with Crippen molar-refractivity contribution in [2.24, 2.45) is 0 Å². The molecule has 0 spiro atoms. The van der Waals surface area contributed by atoms with Crippen molar-refractivity contribution >= 4 is 17.5 Å². The van der Waals surface area contributed by atoms with E-state index in [4.69, 9.17) is 0 Å². The predicted octanol–water partition coefficient (Wildman–Crippen LogP) is 2.29. The number of piperidine rings is 1. The zero-order valence-electron chi connectivity index (χ0n) is 15.6. The SMILES string of the molecule is CN(C)c1cc(NC2CCN(c3ncnc4c3CCCC4)CC2)ncn1. The van der Waals surface area contributed by atoms with Crippen molar-refractivity contribution in [2.45, 2.75) is 44.6 Å². The summed E-state index contributed by atoms with van der Waals surface area (Å²) in [5, 5.41) is 3.57. The second kappa shape index (κ2) is 7.43. The predicted molar refractivity (Wildman–Crippen MR) is 104 cm³/mol. The Morgan fingerprint density at radius 3 is 2.58 bits per heavy atom. The summed E-state index contributed by atoms with van der Waals surface area (Å²) in [5.41, 5.74) is 2.65. The molecule has 26 heavy (non-hydrogen) atoms. The molecule has 0 unspecified atom stereocenters. The zero-order chi connectivity index (χ0) is 17.9. The summed E-state index contributed by atoms with van der Waals surface area (Å²) in [6.45, 7) is 2.04. The summed E-state index contributed by atoms with van der Waals surface area (Å²) in [4.78, 5) is 22.2. The first-order valence-corrected chi connectivity index (χ1v) is 9.54. The molecular formula is C19H27N7. The largest absolute Gasteiger partial charge is 0.367 e. The minimum absolute atomic E-state index is 0.439. The van der Waals surface area contributed by atoms with Crippen LogP contribution in [0.15, 0.2) is 18.7 Å². The number of anilines is 3. The van der Waals surface area contributed by atoms with E-state index in [1.165, 1.54) is 29.9 Å². The minimum atomic E-state index is 0.439. The molecule has 1 aliphatic heterocycles. The Kier molecular flexibility index (Phi) is 4.86. The molecule has 4 rings (SSSR count). The van der Waals surface area contributed by atoms with Crippen molar-refractivity contribution < 1.29 is 0 Å². The molecule has 1 N–H and O–H groups in total. The molecule has 3 heterocycles. The van der Waals surface area contributed by atoms with Crippen LogP contribution in [0.2, 0.25) is 0 Å². The van der Waals surface area contributed by atoms with Crippen LogP contribution in [-0.2, 0) is 12.8 Å². The lowest BCUT2D eigenvalue weighted by atomic mass is 9.95. The molecule has 2 aromatic rings. The summed E-state index contributed by atoms with van der Waals surface area (Å²) < 4.78 is 0. The van der Waals surface area contributed by atoms with Crippen LogP contribution in [0.5, 0.6) is 0 Å². The van der Waals surface area contributed by atoms with Gasteiger partial charge in [0.15, 0.2) is 0 Å². The number of hydrogen-bond acceptors (Lipinski definition) is 7. The Bertz CT molecular complexity index is 753. The molecule has 1 saturated heterocycles. The number of nitrogens with one attached hydrogen (secondary N) is 1. The highest BCUT2D eigenvalue weighted by Crippen LogP contribution is 2.29. The van der Waals surface area contributed by atoms with Crippen LogP contribution in [0.1, 0.15) is 36.9 Å². The smallest absolute Gasteiger partial charge is 0.135 e. The maximum absolute atomic E-state index is 4.62. The molecule has 2 aliphatic rings. The first-order chi connectivity index (χ1) is 12.7. The quantitative estimate of drug-likeness (QED) is 0.904. The van der Waals surface area contributed by atoms with Crippen LogP contribution in [-0.4, -0.2) is 53.2 Å². The lowest BCUT2D eigenvalue weighted by Crippen LogP contribution is -2.40. The van der Waals surface area contributed by atoms with Gasteiger partial charge in [0.1, 0.15) is 30.1 Å². The molecule has 7 heteroatoms. The second-order valence-corrected chi connectivity index (χ2v) is 7.39. The second-order valence-electron chi connectivity index (χ2n) is 7.39. The molecule has 0 amide bonds. The lowest BCUT2D eigenvalue weighted by molar-refractivity contribution is 0.518. The summed E-state index contributed by atoms with van der Waals surface area (Å²) >= 11 is 0. The fourth-order valence-electron chi connectivity index (χ4n) is 3.89. The molecule has 0 atom stereocenters. The van der Waals surface area contributed by atoms with Gasteiger partial charge in [-0.2, -0.15) is 0 Å². The van der Waals surface area contributed by atoms with Gasteiger partial charge >= 0.3 is 0 Å². The lowest BCUT2D eigenvalue weighted by Gasteiger charge is -2.35. The first-order valence-electron chi connectivity index (χ1n) is 9.54. The topological polar surface area (TPSA) is 70.1 Å². The first kappa shape index (κ1) is 17.0. The number of fused-ring (bicyclic) bond motifs is 1. The standard InChI is InChI=1S/C19H27N7/c1-25(2)18-11-17(21-13-22-18)24-14-7-9-26(10-8-14)19-15-5-3-4-6-16(15)20-12-23-19/h11-14H,3-10H2,1-2H3,(H,21,22,24). The minimum Gasteiger partial charge on any atom is -0.367 e. The van der Waals surface area contributed by atoms with Gasteiger partial charge in [0, 0.05) is 50.6 Å². The Hall–Kier alpha value is -2.44. The van der Waals surface area contributed by atoms with E-state index in [-0.39, 0.29) is 0 Å². The van der Waals surface area contributed by atoms with Crippen LogP contribution in [0.25, 0.3) is 0 Å². The Balaban J connectivity index is 1.40. The van der Waals surface area contributed by atoms with E-state index in [9.17, 15) is 0 Å². The van der Waals surface area contributed by atoms with Crippen LogP contribution in [0.4, 0.5) is 17.5 Å². The van der Waals surface area contributed by atoms with Gasteiger partial charge in [-0.3, -0.25) is 0 Å². The number of aryl methyl sites for hydroxylation is 1. The summed E-state index contributed by atoms with van der Waals surface area (Å²) in [6, 6.07) is 2.45. The van der Waals surface area contributed by atoms with Crippen molar-refractivity contribution in [2.75, 3.05) is 42.3 Å². The number of rotatable bonds is 4. The number of hydrogen-bond donors (Lipinski definition) is 1. The molecule has 0 saturated carbocycles. The summed E-state index contributed by atoms with van der Waals surface area (Å²) in [7, 11) is 3.99. The highest BCUT2D eigenvalue weighted by atomic mass is 15.2. The zero-order valence-corrected chi connectivity index (χ0v) is 15.6. The third kappa shape index (κ3) is 3.57. The third-order valence-corrected chi connectivity index (χ3v) is 5.36. The van der Waals surface area contributed by atoms with E-state index in [0.717, 1.165) is 50.4 Å². The Morgan fingerprint density at radius 2 is 1.77 bits per heavy atom. The van der Waals surface area contributed by atoms with Crippen LogP contribution in [0, 0.1) is 0 Å². The van der Waals surface area contributed by atoms with Crippen molar-refractivity contribution in [3.8, 4) is 0 Å². The average molecular weight is 353 g/mol. The molecular weight excluding hydrogens is 326 g/mol. The van der Waals surface area contributed by atoms with E-state index < -0.39 is 0 Å². The van der Waals surface area contributed by atoms with Gasteiger partial charge in [-0.1, -0.05) is 0 Å². The van der Waals surface area contributed by atoms with Gasteiger partial charge in [0.25, 0.3) is 0 Å². The number of aromatic nitrogens is 4. The van der Waals surface area contributed by atoms with Crippen LogP contribution < -0.4 is 15.1 Å². The molecule has 1 aliphatic carbocycles. The van der Waals surface area contributed by atoms with Crippen molar-refractivity contribution in [1.82, 2.24) is 19.9 Å². The van der Waals surface area contributed by atoms with Crippen LogP contribution >= 0.6 is 0 Å². The maximum atomic E-state index is 4.62. The van der Waals surface area contributed by atoms with Crippen LogP contribution in [0.3, 0.4) is 0 Å². The molecule has 0 aromatic carbocycles. The Morgan fingerprint density at radius 1 is 1.00 bits per heavy atom. The van der Waals surface area contributed by atoms with Gasteiger partial charge in [-0.05, 0) is 38.5 Å². The molecule has 7 nitrogen and oxygen atoms in total. The molecule has 138 valence electrons. The van der Waals surface area contributed by atoms with Gasteiger partial charge in [-0.25, -0.2) is 19.9 Å². The van der Waals surface area contributed by atoms with E-state index in [0.29, 0.717) is 6.04 Å². The molecule has 1 fully saturated rings. The third-order valence-electron chi connectivity index (χ3n) is 5.36. The van der Waals surface area contributed by atoms with Gasteiger partial charge in [0.2, 0.25) is 0 Å². The van der Waals surface area contributed by atoms with Gasteiger partial charge in [0.05, 0.1) is 0 Å². The fourth-order valence-corrected chi connectivity index (χ4v) is 3.89. The van der Waals surface area contributed by atoms with Gasteiger partial charge < -0.3 is 15.1 Å². The number of nitrogens with zero attached hydrogens (tertiary/aromatic N) is 6. The van der Waals surface area contributed by atoms with E-state index in [1.807, 2.05) is 25.1 Å². The molecule has 0 radical (unpaired) electrons. The summed E-state index contributed by atoms with van der Waals surface area (Å²) in [5.74, 6) is 3.00. The fraction of sp³-hybridized carbons (Fsp3) is 0.579. The average Bonchev–Trinajstić information content (AvgIpc) is 2.68. The van der Waals surface area contributed by atoms with Crippen molar-refractivity contribution in [3.05, 3.63) is 30.0 Å². The van der Waals surface area contributed by atoms with Gasteiger partial charge in [-0.15, -0.1) is 0 Å². The summed E-state index contributed by atoms with van der Waals surface area (Å²) in [6.07, 6.45) is 10.3. The highest BCUT2D eigenvalue weighted by Gasteiger charge is 2.24.